The maximum Gasteiger partial charge on any atom is 0.328 e. The molecule has 0 radical (unpaired) electrons. The van der Waals surface area contributed by atoms with Gasteiger partial charge in [0.1, 0.15) is 6.04 Å². The van der Waals surface area contributed by atoms with E-state index in [1.807, 2.05) is 7.05 Å². The van der Waals surface area contributed by atoms with E-state index in [4.69, 9.17) is 4.74 Å². The molecule has 0 bridgehead atoms. The lowest BCUT2D eigenvalue weighted by atomic mass is 9.98. The highest BCUT2D eigenvalue weighted by Gasteiger charge is 2.37. The van der Waals surface area contributed by atoms with Crippen LogP contribution in [0.15, 0.2) is 0 Å². The van der Waals surface area contributed by atoms with Crippen LogP contribution in [0, 0.1) is 5.92 Å². The summed E-state index contributed by atoms with van der Waals surface area (Å²) in [6.07, 6.45) is 3.64. The molecule has 19 heavy (non-hydrogen) atoms. The van der Waals surface area contributed by atoms with Gasteiger partial charge in [-0.3, -0.25) is 4.79 Å². The van der Waals surface area contributed by atoms with E-state index in [-0.39, 0.29) is 23.8 Å². The number of carbonyl (C=O) groups is 2. The second kappa shape index (κ2) is 6.37. The smallest absolute Gasteiger partial charge is 0.328 e. The molecule has 1 amide bonds. The van der Waals surface area contributed by atoms with E-state index in [0.29, 0.717) is 13.2 Å². The van der Waals surface area contributed by atoms with Crippen molar-refractivity contribution in [1.29, 1.82) is 0 Å². The van der Waals surface area contributed by atoms with Crippen LogP contribution in [0.3, 0.4) is 0 Å². The molecule has 0 spiro atoms. The Hall–Kier alpha value is -1.10. The van der Waals surface area contributed by atoms with Gasteiger partial charge in [0.15, 0.2) is 0 Å². The van der Waals surface area contributed by atoms with Crippen molar-refractivity contribution in [2.75, 3.05) is 33.3 Å². The lowest BCUT2D eigenvalue weighted by Crippen LogP contribution is -2.51. The van der Waals surface area contributed by atoms with Crippen LogP contribution in [-0.2, 0) is 14.3 Å². The molecule has 0 saturated carbocycles. The molecule has 5 heteroatoms. The second-order valence-electron chi connectivity index (χ2n) is 5.54. The maximum absolute atomic E-state index is 12.6. The fraction of sp³-hybridized carbons (Fsp3) is 0.857. The van der Waals surface area contributed by atoms with Crippen LogP contribution >= 0.6 is 0 Å². The molecule has 2 aliphatic rings. The van der Waals surface area contributed by atoms with Gasteiger partial charge in [0.05, 0.1) is 12.5 Å². The van der Waals surface area contributed by atoms with Crippen LogP contribution < -0.4 is 0 Å². The number of likely N-dealkylation sites (tertiary alicyclic amines) is 2. The van der Waals surface area contributed by atoms with Gasteiger partial charge in [-0.2, -0.15) is 0 Å². The number of rotatable bonds is 3. The Morgan fingerprint density at radius 1 is 1.21 bits per heavy atom. The summed E-state index contributed by atoms with van der Waals surface area (Å²) in [7, 11) is 2.03. The van der Waals surface area contributed by atoms with E-state index in [2.05, 4.69) is 4.90 Å². The minimum atomic E-state index is -0.355. The second-order valence-corrected chi connectivity index (χ2v) is 5.54. The maximum atomic E-state index is 12.6. The van der Waals surface area contributed by atoms with Gasteiger partial charge < -0.3 is 14.5 Å². The van der Waals surface area contributed by atoms with E-state index in [0.717, 1.165) is 38.8 Å². The Balaban J connectivity index is 2.02. The van der Waals surface area contributed by atoms with Crippen molar-refractivity contribution in [3.63, 3.8) is 0 Å². The Kier molecular flexibility index (Phi) is 4.80. The summed E-state index contributed by atoms with van der Waals surface area (Å²) in [6, 6.07) is -0.355. The first-order valence-corrected chi connectivity index (χ1v) is 7.29. The fourth-order valence-corrected chi connectivity index (χ4v) is 3.05. The van der Waals surface area contributed by atoms with E-state index < -0.39 is 0 Å². The number of hydrogen-bond acceptors (Lipinski definition) is 4. The molecule has 108 valence electrons. The largest absolute Gasteiger partial charge is 0.464 e. The van der Waals surface area contributed by atoms with Crippen LogP contribution in [0.1, 0.15) is 32.6 Å². The predicted molar refractivity (Wildman–Crippen MR) is 71.6 cm³/mol. The molecule has 2 saturated heterocycles. The first kappa shape index (κ1) is 14.3. The lowest BCUT2D eigenvalue weighted by molar-refractivity contribution is -0.158. The van der Waals surface area contributed by atoms with Crippen LogP contribution in [0.4, 0.5) is 0 Å². The summed E-state index contributed by atoms with van der Waals surface area (Å²) in [5.74, 6) is -0.0379. The number of esters is 1. The van der Waals surface area contributed by atoms with Gasteiger partial charge >= 0.3 is 5.97 Å². The number of amides is 1. The van der Waals surface area contributed by atoms with Gasteiger partial charge in [-0.1, -0.05) is 0 Å². The van der Waals surface area contributed by atoms with Crippen molar-refractivity contribution in [2.45, 2.75) is 38.6 Å². The van der Waals surface area contributed by atoms with Crippen LogP contribution in [0.25, 0.3) is 0 Å². The average molecular weight is 268 g/mol. The van der Waals surface area contributed by atoms with Gasteiger partial charge in [-0.05, 0) is 46.2 Å². The molecule has 5 nitrogen and oxygen atoms in total. The summed E-state index contributed by atoms with van der Waals surface area (Å²) in [5, 5.41) is 0. The van der Waals surface area contributed by atoms with Crippen molar-refractivity contribution in [3.05, 3.63) is 0 Å². The van der Waals surface area contributed by atoms with Gasteiger partial charge in [0.2, 0.25) is 5.91 Å². The molecule has 2 heterocycles. The summed E-state index contributed by atoms with van der Waals surface area (Å²) >= 11 is 0. The van der Waals surface area contributed by atoms with E-state index in [1.165, 1.54) is 0 Å². The highest BCUT2D eigenvalue weighted by Crippen LogP contribution is 2.24. The van der Waals surface area contributed by atoms with Crippen LogP contribution in [-0.4, -0.2) is 61.0 Å². The van der Waals surface area contributed by atoms with Gasteiger partial charge in [0.25, 0.3) is 0 Å². The van der Waals surface area contributed by atoms with Crippen molar-refractivity contribution >= 4 is 11.9 Å². The van der Waals surface area contributed by atoms with Crippen LogP contribution in [0.2, 0.25) is 0 Å². The summed E-state index contributed by atoms with van der Waals surface area (Å²) in [4.78, 5) is 28.5. The van der Waals surface area contributed by atoms with E-state index in [9.17, 15) is 9.59 Å². The average Bonchev–Trinajstić information content (AvgIpc) is 2.85. The third kappa shape index (κ3) is 3.26. The Morgan fingerprint density at radius 2 is 2.00 bits per heavy atom. The van der Waals surface area contributed by atoms with Crippen molar-refractivity contribution in [1.82, 2.24) is 9.80 Å². The van der Waals surface area contributed by atoms with Crippen molar-refractivity contribution in [2.24, 2.45) is 5.92 Å². The highest BCUT2D eigenvalue weighted by atomic mass is 16.5. The Labute approximate surface area is 114 Å². The lowest BCUT2D eigenvalue weighted by Gasteiger charge is -2.35. The standard InChI is InChI=1S/C14H24N2O3/c1-3-19-14(18)12-6-4-5-8-16(12)13(17)11-7-9-15(2)10-11/h11-12H,3-10H2,1-2H3. The molecular weight excluding hydrogens is 244 g/mol. The normalized spacial score (nSPS) is 28.4. The van der Waals surface area contributed by atoms with Crippen LogP contribution in [0.5, 0.6) is 0 Å². The molecule has 0 aromatic rings. The highest BCUT2D eigenvalue weighted by molar-refractivity contribution is 5.86. The first-order valence-electron chi connectivity index (χ1n) is 7.29. The quantitative estimate of drug-likeness (QED) is 0.713. The minimum absolute atomic E-state index is 0.0556. The molecule has 2 aliphatic heterocycles. The fourth-order valence-electron chi connectivity index (χ4n) is 3.05. The molecule has 2 rings (SSSR count). The van der Waals surface area contributed by atoms with E-state index in [1.54, 1.807) is 11.8 Å². The first-order chi connectivity index (χ1) is 9.13. The monoisotopic (exact) mass is 268 g/mol. The Bertz CT molecular complexity index is 346. The molecule has 0 aromatic carbocycles. The van der Waals surface area contributed by atoms with E-state index >= 15 is 0 Å². The van der Waals surface area contributed by atoms with Crippen molar-refractivity contribution in [3.8, 4) is 0 Å². The number of piperidine rings is 1. The third-order valence-corrected chi connectivity index (χ3v) is 4.09. The summed E-state index contributed by atoms with van der Waals surface area (Å²) in [5.41, 5.74) is 0. The minimum Gasteiger partial charge on any atom is -0.464 e. The zero-order chi connectivity index (χ0) is 13.8. The molecule has 0 aromatic heterocycles. The van der Waals surface area contributed by atoms with Crippen molar-refractivity contribution < 1.29 is 14.3 Å². The zero-order valence-corrected chi connectivity index (χ0v) is 11.9. The zero-order valence-electron chi connectivity index (χ0n) is 11.9. The predicted octanol–water partition coefficient (Wildman–Crippen LogP) is 0.882. The molecule has 2 fully saturated rings. The molecule has 0 N–H and O–H groups in total. The number of carbonyl (C=O) groups excluding carboxylic acids is 2. The summed E-state index contributed by atoms with van der Waals surface area (Å²) < 4.78 is 5.10. The Morgan fingerprint density at radius 3 is 2.63 bits per heavy atom. The van der Waals surface area contributed by atoms with Gasteiger partial charge in [-0.25, -0.2) is 4.79 Å². The topological polar surface area (TPSA) is 49.9 Å². The molecule has 2 unspecified atom stereocenters. The summed E-state index contributed by atoms with van der Waals surface area (Å²) in [6.45, 7) is 4.66. The molecule has 2 atom stereocenters. The SMILES string of the molecule is CCOC(=O)C1CCCCN1C(=O)C1CCN(C)C1. The van der Waals surface area contributed by atoms with Gasteiger partial charge in [0, 0.05) is 13.1 Å². The number of hydrogen-bond donors (Lipinski definition) is 0. The molecular formula is C14H24N2O3. The third-order valence-electron chi connectivity index (χ3n) is 4.09. The number of ether oxygens (including phenoxy) is 1. The van der Waals surface area contributed by atoms with Gasteiger partial charge in [-0.15, -0.1) is 0 Å². The number of nitrogens with zero attached hydrogens (tertiary/aromatic N) is 2. The molecule has 0 aliphatic carbocycles.